The highest BCUT2D eigenvalue weighted by atomic mass is 16.5. The van der Waals surface area contributed by atoms with E-state index in [2.05, 4.69) is 0 Å². The Labute approximate surface area is 96.0 Å². The Morgan fingerprint density at radius 2 is 1.94 bits per heavy atom. The predicted octanol–water partition coefficient (Wildman–Crippen LogP) is 2.32. The Bertz CT molecular complexity index is 381. The molecule has 1 atom stereocenters. The van der Waals surface area contributed by atoms with Gasteiger partial charge in [0.25, 0.3) is 0 Å². The molecule has 1 unspecified atom stereocenters. The van der Waals surface area contributed by atoms with E-state index in [1.165, 1.54) is 0 Å². The zero-order valence-electron chi connectivity index (χ0n) is 9.99. The minimum absolute atomic E-state index is 0.356. The van der Waals surface area contributed by atoms with Gasteiger partial charge in [-0.25, -0.2) is 0 Å². The minimum atomic E-state index is -0.794. The second kappa shape index (κ2) is 3.98. The molecule has 3 heteroatoms. The van der Waals surface area contributed by atoms with Crippen molar-refractivity contribution >= 4 is 0 Å². The maximum atomic E-state index is 10.5. The van der Waals surface area contributed by atoms with Crippen molar-refractivity contribution in [2.45, 2.75) is 25.4 Å². The van der Waals surface area contributed by atoms with Crippen LogP contribution in [0.15, 0.2) is 18.2 Å². The number of aliphatic hydroxyl groups is 1. The summed E-state index contributed by atoms with van der Waals surface area (Å²) >= 11 is 0. The van der Waals surface area contributed by atoms with Crippen LogP contribution in [0.25, 0.3) is 0 Å². The van der Waals surface area contributed by atoms with Gasteiger partial charge in [0.15, 0.2) is 0 Å². The summed E-state index contributed by atoms with van der Waals surface area (Å²) in [6, 6.07) is 5.55. The maximum absolute atomic E-state index is 10.5. The van der Waals surface area contributed by atoms with Crippen molar-refractivity contribution in [1.29, 1.82) is 0 Å². The first kappa shape index (κ1) is 11.3. The van der Waals surface area contributed by atoms with E-state index in [9.17, 15) is 5.11 Å². The lowest BCUT2D eigenvalue weighted by Gasteiger charge is -2.25. The highest BCUT2D eigenvalue weighted by Gasteiger charge is 2.42. The Morgan fingerprint density at radius 1 is 1.25 bits per heavy atom. The van der Waals surface area contributed by atoms with Gasteiger partial charge in [-0.1, -0.05) is 0 Å². The van der Waals surface area contributed by atoms with E-state index >= 15 is 0 Å². The molecule has 1 aliphatic rings. The molecular weight excluding hydrogens is 204 g/mol. The van der Waals surface area contributed by atoms with Gasteiger partial charge >= 0.3 is 0 Å². The molecule has 1 saturated carbocycles. The fraction of sp³-hybridized carbons (Fsp3) is 0.538. The molecule has 0 spiro atoms. The van der Waals surface area contributed by atoms with Gasteiger partial charge in [0.1, 0.15) is 11.5 Å². The van der Waals surface area contributed by atoms with E-state index in [1.54, 1.807) is 14.2 Å². The average molecular weight is 222 g/mol. The van der Waals surface area contributed by atoms with E-state index in [0.717, 1.165) is 24.2 Å². The van der Waals surface area contributed by atoms with Gasteiger partial charge in [0.2, 0.25) is 0 Å². The van der Waals surface area contributed by atoms with Crippen molar-refractivity contribution in [3.05, 3.63) is 23.8 Å². The van der Waals surface area contributed by atoms with Crippen LogP contribution in [-0.4, -0.2) is 19.3 Å². The molecule has 0 aromatic heterocycles. The predicted molar refractivity (Wildman–Crippen MR) is 61.8 cm³/mol. The van der Waals surface area contributed by atoms with E-state index in [0.29, 0.717) is 11.7 Å². The average Bonchev–Trinajstić information content (AvgIpc) is 3.12. The SMILES string of the molecule is COc1ccc(C(C)(O)C2CC2)c(OC)c1. The van der Waals surface area contributed by atoms with Gasteiger partial charge in [-0.05, 0) is 37.8 Å². The number of hydrogen-bond donors (Lipinski definition) is 1. The van der Waals surface area contributed by atoms with Gasteiger partial charge in [-0.2, -0.15) is 0 Å². The summed E-state index contributed by atoms with van der Waals surface area (Å²) in [4.78, 5) is 0. The second-order valence-corrected chi connectivity index (χ2v) is 4.49. The van der Waals surface area contributed by atoms with E-state index in [-0.39, 0.29) is 0 Å². The second-order valence-electron chi connectivity index (χ2n) is 4.49. The fourth-order valence-corrected chi connectivity index (χ4v) is 2.08. The molecule has 0 radical (unpaired) electrons. The molecule has 88 valence electrons. The standard InChI is InChI=1S/C13H18O3/c1-13(14,9-4-5-9)11-7-6-10(15-2)8-12(11)16-3/h6-9,14H,4-5H2,1-3H3. The lowest BCUT2D eigenvalue weighted by Crippen LogP contribution is -2.24. The van der Waals surface area contributed by atoms with Gasteiger partial charge in [-0.3, -0.25) is 0 Å². The molecule has 0 heterocycles. The first-order chi connectivity index (χ1) is 7.59. The van der Waals surface area contributed by atoms with Crippen LogP contribution in [0.4, 0.5) is 0 Å². The Balaban J connectivity index is 2.39. The third-order valence-electron chi connectivity index (χ3n) is 3.33. The molecule has 1 aromatic carbocycles. The van der Waals surface area contributed by atoms with Crippen LogP contribution in [0.2, 0.25) is 0 Å². The van der Waals surface area contributed by atoms with Crippen molar-refractivity contribution < 1.29 is 14.6 Å². The molecule has 1 N–H and O–H groups in total. The minimum Gasteiger partial charge on any atom is -0.497 e. The zero-order valence-corrected chi connectivity index (χ0v) is 9.99. The lowest BCUT2D eigenvalue weighted by atomic mass is 9.90. The number of rotatable bonds is 4. The summed E-state index contributed by atoms with van der Waals surface area (Å²) in [6.07, 6.45) is 2.17. The molecule has 0 bridgehead atoms. The molecule has 1 aromatic rings. The molecule has 1 aliphatic carbocycles. The highest BCUT2D eigenvalue weighted by molar-refractivity contribution is 5.44. The number of ether oxygens (including phenoxy) is 2. The Hall–Kier alpha value is -1.22. The van der Waals surface area contributed by atoms with Gasteiger partial charge in [-0.15, -0.1) is 0 Å². The van der Waals surface area contributed by atoms with Crippen LogP contribution in [0.3, 0.4) is 0 Å². The molecule has 0 aliphatic heterocycles. The largest absolute Gasteiger partial charge is 0.497 e. The topological polar surface area (TPSA) is 38.7 Å². The normalized spacial score (nSPS) is 19.0. The summed E-state index contributed by atoms with van der Waals surface area (Å²) in [5.74, 6) is 1.79. The smallest absolute Gasteiger partial charge is 0.128 e. The Morgan fingerprint density at radius 3 is 2.44 bits per heavy atom. The monoisotopic (exact) mass is 222 g/mol. The zero-order chi connectivity index (χ0) is 11.8. The Kier molecular flexibility index (Phi) is 2.80. The van der Waals surface area contributed by atoms with Crippen LogP contribution in [-0.2, 0) is 5.60 Å². The highest BCUT2D eigenvalue weighted by Crippen LogP contribution is 2.48. The molecule has 0 amide bonds. The van der Waals surface area contributed by atoms with Crippen molar-refractivity contribution in [2.75, 3.05) is 14.2 Å². The summed E-state index contributed by atoms with van der Waals surface area (Å²) in [6.45, 7) is 1.86. The molecule has 3 nitrogen and oxygen atoms in total. The van der Waals surface area contributed by atoms with Crippen LogP contribution in [0.1, 0.15) is 25.3 Å². The summed E-state index contributed by atoms with van der Waals surface area (Å²) in [7, 11) is 3.23. The first-order valence-corrected chi connectivity index (χ1v) is 5.54. The summed E-state index contributed by atoms with van der Waals surface area (Å²) in [5.41, 5.74) is 0.0516. The van der Waals surface area contributed by atoms with Crippen LogP contribution >= 0.6 is 0 Å². The first-order valence-electron chi connectivity index (χ1n) is 5.54. The van der Waals surface area contributed by atoms with E-state index < -0.39 is 5.60 Å². The number of benzene rings is 1. The fourth-order valence-electron chi connectivity index (χ4n) is 2.08. The maximum Gasteiger partial charge on any atom is 0.128 e. The quantitative estimate of drug-likeness (QED) is 0.849. The molecule has 0 saturated heterocycles. The van der Waals surface area contributed by atoms with Crippen molar-refractivity contribution in [1.82, 2.24) is 0 Å². The third-order valence-corrected chi connectivity index (χ3v) is 3.33. The van der Waals surface area contributed by atoms with Crippen LogP contribution in [0, 0.1) is 5.92 Å². The van der Waals surface area contributed by atoms with E-state index in [4.69, 9.17) is 9.47 Å². The lowest BCUT2D eigenvalue weighted by molar-refractivity contribution is 0.0306. The van der Waals surface area contributed by atoms with Gasteiger partial charge in [0.05, 0.1) is 19.8 Å². The summed E-state index contributed by atoms with van der Waals surface area (Å²) < 4.78 is 10.5. The third kappa shape index (κ3) is 1.87. The summed E-state index contributed by atoms with van der Waals surface area (Å²) in [5, 5.41) is 10.5. The number of hydrogen-bond acceptors (Lipinski definition) is 3. The molecule has 16 heavy (non-hydrogen) atoms. The molecule has 1 fully saturated rings. The number of methoxy groups -OCH3 is 2. The van der Waals surface area contributed by atoms with Gasteiger partial charge in [0, 0.05) is 11.6 Å². The van der Waals surface area contributed by atoms with E-state index in [1.807, 2.05) is 25.1 Å². The van der Waals surface area contributed by atoms with Crippen LogP contribution < -0.4 is 9.47 Å². The van der Waals surface area contributed by atoms with Crippen molar-refractivity contribution in [2.24, 2.45) is 5.92 Å². The van der Waals surface area contributed by atoms with Crippen LogP contribution in [0.5, 0.6) is 11.5 Å². The van der Waals surface area contributed by atoms with Gasteiger partial charge < -0.3 is 14.6 Å². The molecule has 2 rings (SSSR count). The van der Waals surface area contributed by atoms with Crippen molar-refractivity contribution in [3.63, 3.8) is 0 Å². The molecular formula is C13H18O3. The van der Waals surface area contributed by atoms with Crippen molar-refractivity contribution in [3.8, 4) is 11.5 Å².